The molecule has 1 saturated carbocycles. The fourth-order valence-electron chi connectivity index (χ4n) is 2.57. The van der Waals surface area contributed by atoms with Gasteiger partial charge < -0.3 is 10.1 Å². The van der Waals surface area contributed by atoms with Crippen LogP contribution in [0.4, 0.5) is 4.79 Å². The van der Waals surface area contributed by atoms with Crippen molar-refractivity contribution in [1.29, 1.82) is 0 Å². The van der Waals surface area contributed by atoms with Crippen LogP contribution >= 0.6 is 0 Å². The first kappa shape index (κ1) is 14.9. The summed E-state index contributed by atoms with van der Waals surface area (Å²) in [7, 11) is 0. The van der Waals surface area contributed by atoms with Crippen molar-refractivity contribution in [2.45, 2.75) is 64.5 Å². The van der Waals surface area contributed by atoms with Crippen LogP contribution in [0.15, 0.2) is 24.3 Å². The molecular weight excluding hydrogens is 250 g/mol. The second-order valence-corrected chi connectivity index (χ2v) is 6.61. The molecule has 1 aliphatic carbocycles. The first-order valence-corrected chi connectivity index (χ1v) is 7.45. The van der Waals surface area contributed by atoms with E-state index in [1.54, 1.807) is 0 Å². The molecule has 0 bridgehead atoms. The van der Waals surface area contributed by atoms with Crippen LogP contribution in [0.2, 0.25) is 0 Å². The van der Waals surface area contributed by atoms with Crippen LogP contribution < -0.4 is 5.32 Å². The molecule has 0 unspecified atom stereocenters. The van der Waals surface area contributed by atoms with Crippen molar-refractivity contribution < 1.29 is 9.53 Å². The van der Waals surface area contributed by atoms with Crippen molar-refractivity contribution in [2.75, 3.05) is 0 Å². The van der Waals surface area contributed by atoms with Gasteiger partial charge in [-0.15, -0.1) is 0 Å². The molecule has 0 saturated heterocycles. The summed E-state index contributed by atoms with van der Waals surface area (Å²) in [5.74, 6) is 0. The Labute approximate surface area is 121 Å². The van der Waals surface area contributed by atoms with E-state index in [2.05, 4.69) is 36.5 Å². The van der Waals surface area contributed by atoms with E-state index >= 15 is 0 Å². The van der Waals surface area contributed by atoms with Crippen LogP contribution in [-0.2, 0) is 16.7 Å². The zero-order chi connectivity index (χ0) is 14.8. The van der Waals surface area contributed by atoms with Crippen molar-refractivity contribution in [3.8, 4) is 0 Å². The summed E-state index contributed by atoms with van der Waals surface area (Å²) in [5, 5.41) is 3.08. The summed E-state index contributed by atoms with van der Waals surface area (Å²) in [6.45, 7) is 7.80. The van der Waals surface area contributed by atoms with E-state index in [-0.39, 0.29) is 11.6 Å². The minimum atomic E-state index is -0.457. The van der Waals surface area contributed by atoms with Gasteiger partial charge >= 0.3 is 6.09 Å². The van der Waals surface area contributed by atoms with Gasteiger partial charge in [0, 0.05) is 0 Å². The summed E-state index contributed by atoms with van der Waals surface area (Å²) >= 11 is 0. The molecule has 20 heavy (non-hydrogen) atoms. The van der Waals surface area contributed by atoms with Gasteiger partial charge in [-0.1, -0.05) is 31.2 Å². The first-order chi connectivity index (χ1) is 9.35. The molecule has 0 radical (unpaired) electrons. The van der Waals surface area contributed by atoms with E-state index in [1.807, 2.05) is 20.8 Å². The first-order valence-electron chi connectivity index (χ1n) is 7.45. The smallest absolute Gasteiger partial charge is 0.408 e. The summed E-state index contributed by atoms with van der Waals surface area (Å²) in [4.78, 5) is 12.0. The highest BCUT2D eigenvalue weighted by atomic mass is 16.6. The summed E-state index contributed by atoms with van der Waals surface area (Å²) in [5.41, 5.74) is 1.82. The Bertz CT molecular complexity index is 467. The molecule has 110 valence electrons. The Kier molecular flexibility index (Phi) is 4.07. The Balaban J connectivity index is 2.11. The number of nitrogens with one attached hydrogen (secondary N) is 1. The molecular formula is C17H25NO2. The Morgan fingerprint density at radius 2 is 1.85 bits per heavy atom. The SMILES string of the molecule is CCc1ccc(C2(NC(=O)OC(C)(C)C)CCC2)cc1. The maximum Gasteiger partial charge on any atom is 0.408 e. The quantitative estimate of drug-likeness (QED) is 0.899. The van der Waals surface area contributed by atoms with E-state index < -0.39 is 5.60 Å². The maximum absolute atomic E-state index is 12.0. The number of ether oxygens (including phenoxy) is 1. The minimum absolute atomic E-state index is 0.228. The van der Waals surface area contributed by atoms with Crippen molar-refractivity contribution in [3.05, 3.63) is 35.4 Å². The molecule has 0 atom stereocenters. The van der Waals surface area contributed by atoms with Crippen LogP contribution in [0.1, 0.15) is 58.1 Å². The molecule has 1 aliphatic rings. The Morgan fingerprint density at radius 1 is 1.25 bits per heavy atom. The number of carbonyl (C=O) groups is 1. The van der Waals surface area contributed by atoms with Gasteiger partial charge in [0.05, 0.1) is 5.54 Å². The molecule has 1 amide bonds. The van der Waals surface area contributed by atoms with Crippen LogP contribution in [0.5, 0.6) is 0 Å². The van der Waals surface area contributed by atoms with Gasteiger partial charge in [-0.25, -0.2) is 4.79 Å². The highest BCUT2D eigenvalue weighted by Gasteiger charge is 2.41. The molecule has 0 heterocycles. The fourth-order valence-corrected chi connectivity index (χ4v) is 2.57. The molecule has 2 rings (SSSR count). The molecule has 1 aromatic rings. The lowest BCUT2D eigenvalue weighted by molar-refractivity contribution is 0.0377. The minimum Gasteiger partial charge on any atom is -0.444 e. The summed E-state index contributed by atoms with van der Waals surface area (Å²) in [6, 6.07) is 8.56. The molecule has 1 fully saturated rings. The number of carbonyl (C=O) groups excluding carboxylic acids is 1. The van der Waals surface area contributed by atoms with Gasteiger partial charge in [0.25, 0.3) is 0 Å². The van der Waals surface area contributed by atoms with Crippen LogP contribution in [0.3, 0.4) is 0 Å². The molecule has 0 aromatic heterocycles. The molecule has 3 nitrogen and oxygen atoms in total. The largest absolute Gasteiger partial charge is 0.444 e. The van der Waals surface area contributed by atoms with Gasteiger partial charge in [-0.05, 0) is 57.6 Å². The van der Waals surface area contributed by atoms with Gasteiger partial charge in [0.2, 0.25) is 0 Å². The zero-order valence-corrected chi connectivity index (χ0v) is 13.0. The van der Waals surface area contributed by atoms with Crippen LogP contribution in [-0.4, -0.2) is 11.7 Å². The van der Waals surface area contributed by atoms with E-state index in [1.165, 1.54) is 11.1 Å². The third-order valence-corrected chi connectivity index (χ3v) is 3.86. The van der Waals surface area contributed by atoms with Crippen molar-refractivity contribution in [3.63, 3.8) is 0 Å². The van der Waals surface area contributed by atoms with E-state index in [4.69, 9.17) is 4.74 Å². The van der Waals surface area contributed by atoms with Crippen molar-refractivity contribution in [1.82, 2.24) is 5.32 Å². The standard InChI is InChI=1S/C17H25NO2/c1-5-13-7-9-14(10-8-13)17(11-6-12-17)18-15(19)20-16(2,3)4/h7-10H,5-6,11-12H2,1-4H3,(H,18,19). The van der Waals surface area contributed by atoms with E-state index in [0.717, 1.165) is 25.7 Å². The normalized spacial score (nSPS) is 17.2. The average Bonchev–Trinajstić information content (AvgIpc) is 2.32. The predicted molar refractivity (Wildman–Crippen MR) is 80.7 cm³/mol. The number of rotatable bonds is 3. The van der Waals surface area contributed by atoms with E-state index in [0.29, 0.717) is 0 Å². The van der Waals surface area contributed by atoms with Crippen LogP contribution in [0.25, 0.3) is 0 Å². The van der Waals surface area contributed by atoms with Crippen molar-refractivity contribution in [2.24, 2.45) is 0 Å². The van der Waals surface area contributed by atoms with Crippen molar-refractivity contribution >= 4 is 6.09 Å². The second kappa shape index (κ2) is 5.47. The number of hydrogen-bond donors (Lipinski definition) is 1. The van der Waals surface area contributed by atoms with Gasteiger partial charge in [0.1, 0.15) is 5.60 Å². The fraction of sp³-hybridized carbons (Fsp3) is 0.588. The summed E-state index contributed by atoms with van der Waals surface area (Å²) in [6.07, 6.45) is 3.82. The maximum atomic E-state index is 12.0. The molecule has 0 spiro atoms. The number of hydrogen-bond acceptors (Lipinski definition) is 2. The third kappa shape index (κ3) is 3.33. The molecule has 1 N–H and O–H groups in total. The lowest BCUT2D eigenvalue weighted by Crippen LogP contribution is -2.52. The molecule has 3 heteroatoms. The van der Waals surface area contributed by atoms with E-state index in [9.17, 15) is 4.79 Å². The highest BCUT2D eigenvalue weighted by molar-refractivity contribution is 5.69. The highest BCUT2D eigenvalue weighted by Crippen LogP contribution is 2.41. The second-order valence-electron chi connectivity index (χ2n) is 6.61. The Morgan fingerprint density at radius 3 is 2.25 bits per heavy atom. The molecule has 0 aliphatic heterocycles. The van der Waals surface area contributed by atoms with Gasteiger partial charge in [0.15, 0.2) is 0 Å². The van der Waals surface area contributed by atoms with Gasteiger partial charge in [-0.2, -0.15) is 0 Å². The number of alkyl carbamates (subject to hydrolysis) is 1. The Hall–Kier alpha value is -1.51. The summed E-state index contributed by atoms with van der Waals surface area (Å²) < 4.78 is 5.39. The average molecular weight is 275 g/mol. The lowest BCUT2D eigenvalue weighted by Gasteiger charge is -2.43. The topological polar surface area (TPSA) is 38.3 Å². The number of benzene rings is 1. The monoisotopic (exact) mass is 275 g/mol. The number of aryl methyl sites for hydroxylation is 1. The van der Waals surface area contributed by atoms with Gasteiger partial charge in [-0.3, -0.25) is 0 Å². The lowest BCUT2D eigenvalue weighted by atomic mass is 9.72. The third-order valence-electron chi connectivity index (χ3n) is 3.86. The van der Waals surface area contributed by atoms with Crippen LogP contribution in [0, 0.1) is 0 Å². The number of amides is 1. The molecule has 1 aromatic carbocycles. The predicted octanol–water partition coefficient (Wildman–Crippen LogP) is 4.15. The zero-order valence-electron chi connectivity index (χ0n) is 13.0.